The molecular formula is C12H16N2O2S2. The van der Waals surface area contributed by atoms with E-state index < -0.39 is 9.84 Å². The summed E-state index contributed by atoms with van der Waals surface area (Å²) in [4.78, 5) is 0. The van der Waals surface area contributed by atoms with Gasteiger partial charge in [0.2, 0.25) is 0 Å². The smallest absolute Gasteiger partial charge is 0.171 e. The highest BCUT2D eigenvalue weighted by Crippen LogP contribution is 2.12. The third-order valence-corrected chi connectivity index (χ3v) is 4.86. The second-order valence-electron chi connectivity index (χ2n) is 4.56. The summed E-state index contributed by atoms with van der Waals surface area (Å²) in [6, 6.07) is 7.79. The zero-order valence-electron chi connectivity index (χ0n) is 10.1. The van der Waals surface area contributed by atoms with Crippen LogP contribution in [0.4, 0.5) is 5.69 Å². The fourth-order valence-electron chi connectivity index (χ4n) is 1.90. The van der Waals surface area contributed by atoms with E-state index in [2.05, 4.69) is 10.6 Å². The van der Waals surface area contributed by atoms with Crippen molar-refractivity contribution < 1.29 is 8.42 Å². The van der Waals surface area contributed by atoms with Gasteiger partial charge < -0.3 is 10.6 Å². The first-order valence-electron chi connectivity index (χ1n) is 5.79. The van der Waals surface area contributed by atoms with Crippen molar-refractivity contribution in [3.63, 3.8) is 0 Å². The van der Waals surface area contributed by atoms with Gasteiger partial charge in [-0.3, -0.25) is 0 Å². The molecule has 1 aliphatic heterocycles. The maximum Gasteiger partial charge on any atom is 0.171 e. The van der Waals surface area contributed by atoms with E-state index in [9.17, 15) is 8.42 Å². The summed E-state index contributed by atoms with van der Waals surface area (Å²) in [6.45, 7) is 2.02. The van der Waals surface area contributed by atoms with E-state index in [-0.39, 0.29) is 17.5 Å². The molecule has 1 aromatic rings. The Morgan fingerprint density at radius 1 is 1.33 bits per heavy atom. The lowest BCUT2D eigenvalue weighted by atomic mass is 10.2. The van der Waals surface area contributed by atoms with E-state index >= 15 is 0 Å². The molecule has 4 nitrogen and oxygen atoms in total. The number of hydrogen-bond acceptors (Lipinski definition) is 3. The van der Waals surface area contributed by atoms with Gasteiger partial charge in [0.25, 0.3) is 0 Å². The van der Waals surface area contributed by atoms with Gasteiger partial charge in [-0.05, 0) is 37.7 Å². The first-order chi connectivity index (χ1) is 8.44. The fourth-order valence-corrected chi connectivity index (χ4v) is 3.86. The number of hydrogen-bond donors (Lipinski definition) is 2. The molecular weight excluding hydrogens is 268 g/mol. The molecule has 0 aliphatic carbocycles. The maximum absolute atomic E-state index is 11.3. The van der Waals surface area contributed by atoms with E-state index in [0.717, 1.165) is 5.69 Å². The van der Waals surface area contributed by atoms with E-state index in [4.69, 9.17) is 12.2 Å². The second kappa shape index (κ2) is 5.24. The first kappa shape index (κ1) is 13.3. The molecule has 2 N–H and O–H groups in total. The van der Waals surface area contributed by atoms with Crippen molar-refractivity contribution in [2.45, 2.75) is 19.4 Å². The van der Waals surface area contributed by atoms with Crippen LogP contribution in [-0.2, 0) is 9.84 Å². The predicted molar refractivity (Wildman–Crippen MR) is 77.6 cm³/mol. The van der Waals surface area contributed by atoms with E-state index in [1.165, 1.54) is 5.56 Å². The predicted octanol–water partition coefficient (Wildman–Crippen LogP) is 1.47. The van der Waals surface area contributed by atoms with Crippen LogP contribution in [-0.4, -0.2) is 31.1 Å². The van der Waals surface area contributed by atoms with Crippen molar-refractivity contribution in [1.29, 1.82) is 0 Å². The number of thiocarbonyl (C=S) groups is 1. The van der Waals surface area contributed by atoms with Gasteiger partial charge in [0, 0.05) is 11.7 Å². The molecule has 98 valence electrons. The van der Waals surface area contributed by atoms with Crippen LogP contribution >= 0.6 is 12.2 Å². The fraction of sp³-hybridized carbons (Fsp3) is 0.417. The van der Waals surface area contributed by atoms with Gasteiger partial charge in [-0.2, -0.15) is 0 Å². The molecule has 0 saturated carbocycles. The average molecular weight is 284 g/mol. The van der Waals surface area contributed by atoms with Gasteiger partial charge in [0.05, 0.1) is 11.5 Å². The van der Waals surface area contributed by atoms with Gasteiger partial charge >= 0.3 is 0 Å². The zero-order valence-corrected chi connectivity index (χ0v) is 11.8. The first-order valence-corrected chi connectivity index (χ1v) is 8.02. The van der Waals surface area contributed by atoms with Gasteiger partial charge in [-0.15, -0.1) is 0 Å². The van der Waals surface area contributed by atoms with Crippen LogP contribution in [0.2, 0.25) is 0 Å². The molecule has 1 aliphatic rings. The Balaban J connectivity index is 1.88. The van der Waals surface area contributed by atoms with Crippen molar-refractivity contribution >= 4 is 32.9 Å². The van der Waals surface area contributed by atoms with Gasteiger partial charge in [-0.1, -0.05) is 17.7 Å². The summed E-state index contributed by atoms with van der Waals surface area (Å²) in [5.74, 6) is 0.417. The standard InChI is InChI=1S/C12H16N2O2S2/c1-9-2-4-10(5-3-9)13-12(17)14-11-6-7-18(15,16)8-11/h2-5,11H,6-8H2,1H3,(H2,13,14,17)/t11-/m0/s1. The lowest BCUT2D eigenvalue weighted by Crippen LogP contribution is -2.38. The molecule has 18 heavy (non-hydrogen) atoms. The van der Waals surface area contributed by atoms with Crippen LogP contribution in [0, 0.1) is 6.92 Å². The van der Waals surface area contributed by atoms with Crippen molar-refractivity contribution in [2.24, 2.45) is 0 Å². The van der Waals surface area contributed by atoms with Crippen LogP contribution in [0.5, 0.6) is 0 Å². The molecule has 0 radical (unpaired) electrons. The maximum atomic E-state index is 11.3. The largest absolute Gasteiger partial charge is 0.359 e. The zero-order chi connectivity index (χ0) is 13.2. The summed E-state index contributed by atoms with van der Waals surface area (Å²) >= 11 is 5.16. The van der Waals surface area contributed by atoms with E-state index in [1.807, 2.05) is 31.2 Å². The number of anilines is 1. The Bertz CT molecular complexity index is 538. The van der Waals surface area contributed by atoms with Crippen LogP contribution < -0.4 is 10.6 Å². The highest BCUT2D eigenvalue weighted by atomic mass is 32.2. The number of rotatable bonds is 2. The Morgan fingerprint density at radius 2 is 2.00 bits per heavy atom. The van der Waals surface area contributed by atoms with Crippen molar-refractivity contribution in [3.8, 4) is 0 Å². The van der Waals surface area contributed by atoms with Crippen LogP contribution in [0.25, 0.3) is 0 Å². The Labute approximate surface area is 113 Å². The van der Waals surface area contributed by atoms with Crippen molar-refractivity contribution in [1.82, 2.24) is 5.32 Å². The highest BCUT2D eigenvalue weighted by molar-refractivity contribution is 7.91. The lowest BCUT2D eigenvalue weighted by molar-refractivity contribution is 0.600. The Kier molecular flexibility index (Phi) is 3.87. The van der Waals surface area contributed by atoms with E-state index in [1.54, 1.807) is 0 Å². The lowest BCUT2D eigenvalue weighted by Gasteiger charge is -2.14. The summed E-state index contributed by atoms with van der Waals surface area (Å²) in [6.07, 6.45) is 0.623. The normalized spacial score (nSPS) is 21.5. The van der Waals surface area contributed by atoms with E-state index in [0.29, 0.717) is 11.5 Å². The van der Waals surface area contributed by atoms with Crippen LogP contribution in [0.1, 0.15) is 12.0 Å². The molecule has 1 heterocycles. The minimum atomic E-state index is -2.87. The monoisotopic (exact) mass is 284 g/mol. The molecule has 6 heteroatoms. The number of nitrogens with one attached hydrogen (secondary N) is 2. The molecule has 1 fully saturated rings. The molecule has 0 spiro atoms. The Hall–Kier alpha value is -1.14. The highest BCUT2D eigenvalue weighted by Gasteiger charge is 2.28. The third kappa shape index (κ3) is 3.68. The SMILES string of the molecule is Cc1ccc(NC(=S)N[C@H]2CCS(=O)(=O)C2)cc1. The van der Waals surface area contributed by atoms with Gasteiger partial charge in [0.15, 0.2) is 14.9 Å². The molecule has 0 bridgehead atoms. The minimum Gasteiger partial charge on any atom is -0.359 e. The molecule has 0 aromatic heterocycles. The molecule has 0 unspecified atom stereocenters. The van der Waals surface area contributed by atoms with Crippen LogP contribution in [0.15, 0.2) is 24.3 Å². The third-order valence-electron chi connectivity index (χ3n) is 2.88. The number of aryl methyl sites for hydroxylation is 1. The second-order valence-corrected chi connectivity index (χ2v) is 7.20. The number of benzene rings is 1. The minimum absolute atomic E-state index is 0.0690. The van der Waals surface area contributed by atoms with Crippen LogP contribution in [0.3, 0.4) is 0 Å². The average Bonchev–Trinajstić information content (AvgIpc) is 2.61. The molecule has 1 saturated heterocycles. The Morgan fingerprint density at radius 3 is 2.56 bits per heavy atom. The van der Waals surface area contributed by atoms with Gasteiger partial charge in [-0.25, -0.2) is 8.42 Å². The molecule has 2 rings (SSSR count). The summed E-state index contributed by atoms with van der Waals surface area (Å²) in [5, 5.41) is 6.56. The summed E-state index contributed by atoms with van der Waals surface area (Å²) < 4.78 is 22.6. The molecule has 1 atom stereocenters. The summed E-state index contributed by atoms with van der Waals surface area (Å²) in [5.41, 5.74) is 2.08. The summed E-state index contributed by atoms with van der Waals surface area (Å²) in [7, 11) is -2.87. The molecule has 1 aromatic carbocycles. The van der Waals surface area contributed by atoms with Crippen molar-refractivity contribution in [2.75, 3.05) is 16.8 Å². The number of sulfone groups is 1. The van der Waals surface area contributed by atoms with Crippen molar-refractivity contribution in [3.05, 3.63) is 29.8 Å². The van der Waals surface area contributed by atoms with Gasteiger partial charge in [0.1, 0.15) is 0 Å². The quantitative estimate of drug-likeness (QED) is 0.805. The topological polar surface area (TPSA) is 58.2 Å². The molecule has 0 amide bonds.